The molecule has 1 heterocycles. The molecule has 0 radical (unpaired) electrons. The van der Waals surface area contributed by atoms with E-state index in [1.165, 1.54) is 5.56 Å². The lowest BCUT2D eigenvalue weighted by atomic mass is 10.1. The quantitative estimate of drug-likeness (QED) is 0.847. The molecule has 0 saturated heterocycles. The molecule has 0 spiro atoms. The second-order valence-corrected chi connectivity index (χ2v) is 6.14. The second-order valence-electron chi connectivity index (χ2n) is 4.82. The third-order valence-electron chi connectivity index (χ3n) is 3.24. The molecule has 1 aromatic heterocycles. The van der Waals surface area contributed by atoms with Crippen LogP contribution < -0.4 is 14.8 Å². The highest BCUT2D eigenvalue weighted by Gasteiger charge is 2.10. The maximum atomic E-state index is 5.85. The summed E-state index contributed by atoms with van der Waals surface area (Å²) >= 11 is 1.65. The number of thiazole rings is 1. The minimum atomic E-state index is 0.294. The number of nitrogens with zero attached hydrogens (tertiary/aromatic N) is 1. The van der Waals surface area contributed by atoms with Crippen LogP contribution in [-0.2, 0) is 6.61 Å². The van der Waals surface area contributed by atoms with Crippen molar-refractivity contribution in [3.05, 3.63) is 39.8 Å². The number of methoxy groups -OCH3 is 1. The van der Waals surface area contributed by atoms with E-state index in [9.17, 15) is 0 Å². The van der Waals surface area contributed by atoms with Gasteiger partial charge in [-0.2, -0.15) is 0 Å². The van der Waals surface area contributed by atoms with Crippen LogP contribution in [0.25, 0.3) is 0 Å². The van der Waals surface area contributed by atoms with Crippen LogP contribution in [0.2, 0.25) is 0 Å². The van der Waals surface area contributed by atoms with E-state index in [2.05, 4.69) is 30.2 Å². The molecule has 1 unspecified atom stereocenters. The fraction of sp³-hybridized carbons (Fsp3) is 0.438. The molecular weight excluding hydrogens is 284 g/mol. The molecule has 114 valence electrons. The number of nitrogens with one attached hydrogen (secondary N) is 1. The first-order chi connectivity index (χ1) is 10.1. The Labute approximate surface area is 130 Å². The molecule has 0 bridgehead atoms. The summed E-state index contributed by atoms with van der Waals surface area (Å²) in [6, 6.07) is 6.36. The van der Waals surface area contributed by atoms with Gasteiger partial charge < -0.3 is 14.8 Å². The Hall–Kier alpha value is -1.59. The van der Waals surface area contributed by atoms with E-state index in [0.717, 1.165) is 27.9 Å². The third-order valence-corrected chi connectivity index (χ3v) is 4.12. The third kappa shape index (κ3) is 4.19. The van der Waals surface area contributed by atoms with Gasteiger partial charge in [-0.05, 0) is 38.1 Å². The molecule has 0 aliphatic rings. The molecule has 1 N–H and O–H groups in total. The maximum Gasteiger partial charge on any atom is 0.161 e. The summed E-state index contributed by atoms with van der Waals surface area (Å²) in [6.45, 7) is 7.68. The van der Waals surface area contributed by atoms with Crippen molar-refractivity contribution in [1.82, 2.24) is 10.3 Å². The van der Waals surface area contributed by atoms with E-state index in [0.29, 0.717) is 12.6 Å². The Morgan fingerprint density at radius 1 is 1.33 bits per heavy atom. The smallest absolute Gasteiger partial charge is 0.161 e. The first-order valence-corrected chi connectivity index (χ1v) is 7.91. The molecular formula is C16H22N2O2S. The first-order valence-electron chi connectivity index (χ1n) is 7.09. The van der Waals surface area contributed by atoms with Gasteiger partial charge in [-0.1, -0.05) is 13.0 Å². The lowest BCUT2D eigenvalue weighted by Gasteiger charge is -2.16. The van der Waals surface area contributed by atoms with Gasteiger partial charge in [0.05, 0.1) is 17.0 Å². The van der Waals surface area contributed by atoms with E-state index >= 15 is 0 Å². The summed E-state index contributed by atoms with van der Waals surface area (Å²) in [4.78, 5) is 5.34. The van der Waals surface area contributed by atoms with Crippen LogP contribution >= 0.6 is 11.3 Å². The standard InChI is InChI=1S/C16H22N2O2S/c1-5-17-11(2)13-6-7-15(16(8-13)19-4)20-10-14-9-18-12(3)21-14/h6-9,11,17H,5,10H2,1-4H3. The summed E-state index contributed by atoms with van der Waals surface area (Å²) in [6.07, 6.45) is 1.86. The Bertz CT molecular complexity index is 583. The SMILES string of the molecule is CCNC(C)c1ccc(OCc2cnc(C)s2)c(OC)c1. The molecule has 0 fully saturated rings. The molecule has 4 nitrogen and oxygen atoms in total. The Morgan fingerprint density at radius 2 is 2.14 bits per heavy atom. The van der Waals surface area contributed by atoms with Gasteiger partial charge in [-0.25, -0.2) is 4.98 Å². The van der Waals surface area contributed by atoms with Crippen LogP contribution in [0.5, 0.6) is 11.5 Å². The zero-order valence-electron chi connectivity index (χ0n) is 13.0. The van der Waals surface area contributed by atoms with Gasteiger partial charge in [-0.3, -0.25) is 0 Å². The summed E-state index contributed by atoms with van der Waals surface area (Å²) in [5.74, 6) is 1.52. The summed E-state index contributed by atoms with van der Waals surface area (Å²) in [7, 11) is 1.67. The fourth-order valence-electron chi connectivity index (χ4n) is 2.12. The minimum absolute atomic E-state index is 0.294. The second kappa shape index (κ2) is 7.43. The molecule has 5 heteroatoms. The van der Waals surface area contributed by atoms with Gasteiger partial charge >= 0.3 is 0 Å². The van der Waals surface area contributed by atoms with Gasteiger partial charge in [0.15, 0.2) is 11.5 Å². The predicted octanol–water partition coefficient (Wildman–Crippen LogP) is 3.71. The van der Waals surface area contributed by atoms with Crippen molar-refractivity contribution in [3.63, 3.8) is 0 Å². The zero-order chi connectivity index (χ0) is 15.2. The normalized spacial score (nSPS) is 12.2. The predicted molar refractivity (Wildman–Crippen MR) is 86.3 cm³/mol. The van der Waals surface area contributed by atoms with Gasteiger partial charge in [0.2, 0.25) is 0 Å². The van der Waals surface area contributed by atoms with E-state index < -0.39 is 0 Å². The first kappa shape index (κ1) is 15.8. The number of rotatable bonds is 7. The number of benzene rings is 1. The molecule has 0 saturated carbocycles. The van der Waals surface area contributed by atoms with Gasteiger partial charge in [0.25, 0.3) is 0 Å². The van der Waals surface area contributed by atoms with Crippen molar-refractivity contribution in [2.75, 3.05) is 13.7 Å². The molecule has 0 amide bonds. The zero-order valence-corrected chi connectivity index (χ0v) is 13.8. The van der Waals surface area contributed by atoms with Crippen LogP contribution in [-0.4, -0.2) is 18.6 Å². The van der Waals surface area contributed by atoms with Crippen molar-refractivity contribution in [2.24, 2.45) is 0 Å². The van der Waals surface area contributed by atoms with Crippen molar-refractivity contribution in [1.29, 1.82) is 0 Å². The highest BCUT2D eigenvalue weighted by molar-refractivity contribution is 7.11. The molecule has 1 aromatic carbocycles. The average molecular weight is 306 g/mol. The highest BCUT2D eigenvalue weighted by atomic mass is 32.1. The van der Waals surface area contributed by atoms with Crippen molar-refractivity contribution >= 4 is 11.3 Å². The highest BCUT2D eigenvalue weighted by Crippen LogP contribution is 2.31. The van der Waals surface area contributed by atoms with Crippen LogP contribution in [0.4, 0.5) is 0 Å². The number of hydrogen-bond donors (Lipinski definition) is 1. The van der Waals surface area contributed by atoms with Crippen LogP contribution in [0, 0.1) is 6.92 Å². The topological polar surface area (TPSA) is 43.4 Å². The number of hydrogen-bond acceptors (Lipinski definition) is 5. The molecule has 21 heavy (non-hydrogen) atoms. The Kier molecular flexibility index (Phi) is 5.59. The fourth-order valence-corrected chi connectivity index (χ4v) is 2.83. The number of ether oxygens (including phenoxy) is 2. The minimum Gasteiger partial charge on any atom is -0.493 e. The maximum absolute atomic E-state index is 5.85. The Morgan fingerprint density at radius 3 is 2.76 bits per heavy atom. The largest absolute Gasteiger partial charge is 0.493 e. The molecule has 0 aliphatic heterocycles. The van der Waals surface area contributed by atoms with E-state index in [-0.39, 0.29) is 0 Å². The lowest BCUT2D eigenvalue weighted by molar-refractivity contribution is 0.286. The van der Waals surface area contributed by atoms with E-state index in [1.54, 1.807) is 18.4 Å². The molecule has 2 rings (SSSR count). The monoisotopic (exact) mass is 306 g/mol. The average Bonchev–Trinajstić information content (AvgIpc) is 2.90. The van der Waals surface area contributed by atoms with Gasteiger partial charge in [0.1, 0.15) is 6.61 Å². The van der Waals surface area contributed by atoms with E-state index in [4.69, 9.17) is 9.47 Å². The molecule has 1 atom stereocenters. The molecule has 2 aromatic rings. The Balaban J connectivity index is 2.08. The van der Waals surface area contributed by atoms with Crippen LogP contribution in [0.15, 0.2) is 24.4 Å². The summed E-state index contributed by atoms with van der Waals surface area (Å²) in [5, 5.41) is 4.44. The van der Waals surface area contributed by atoms with Crippen molar-refractivity contribution in [2.45, 2.75) is 33.4 Å². The summed E-state index contributed by atoms with van der Waals surface area (Å²) < 4.78 is 11.3. The van der Waals surface area contributed by atoms with Crippen molar-refractivity contribution < 1.29 is 9.47 Å². The number of aromatic nitrogens is 1. The molecule has 0 aliphatic carbocycles. The number of aryl methyl sites for hydroxylation is 1. The van der Waals surface area contributed by atoms with E-state index in [1.807, 2.05) is 25.3 Å². The van der Waals surface area contributed by atoms with Gasteiger partial charge in [-0.15, -0.1) is 11.3 Å². The van der Waals surface area contributed by atoms with Crippen molar-refractivity contribution in [3.8, 4) is 11.5 Å². The van der Waals surface area contributed by atoms with Gasteiger partial charge in [0, 0.05) is 12.2 Å². The lowest BCUT2D eigenvalue weighted by Crippen LogP contribution is -2.17. The van der Waals surface area contributed by atoms with Crippen LogP contribution in [0.3, 0.4) is 0 Å². The van der Waals surface area contributed by atoms with Crippen LogP contribution in [0.1, 0.15) is 35.3 Å². The summed E-state index contributed by atoms with van der Waals surface area (Å²) in [5.41, 5.74) is 1.19.